The van der Waals surface area contributed by atoms with Gasteiger partial charge in [-0.1, -0.05) is 0 Å². The maximum Gasteiger partial charge on any atom is 0.270 e. The molecule has 0 fully saturated rings. The van der Waals surface area contributed by atoms with Gasteiger partial charge in [-0.05, 0) is 24.6 Å². The number of aromatic nitrogens is 3. The van der Waals surface area contributed by atoms with Crippen molar-refractivity contribution in [3.63, 3.8) is 0 Å². The van der Waals surface area contributed by atoms with Gasteiger partial charge in [0.1, 0.15) is 5.69 Å². The zero-order chi connectivity index (χ0) is 13.7. The predicted molar refractivity (Wildman–Crippen MR) is 71.3 cm³/mol. The Morgan fingerprint density at radius 3 is 3.05 bits per heavy atom. The summed E-state index contributed by atoms with van der Waals surface area (Å²) in [6, 6.07) is 3.27. The van der Waals surface area contributed by atoms with Gasteiger partial charge in [0.05, 0.1) is 18.4 Å². The Hall–Kier alpha value is -2.41. The molecular weight excluding hydrogens is 244 g/mol. The molecule has 4 N–H and O–H groups in total. The van der Waals surface area contributed by atoms with E-state index >= 15 is 0 Å². The molecule has 0 spiro atoms. The second-order valence-electron chi connectivity index (χ2n) is 4.11. The van der Waals surface area contributed by atoms with Crippen molar-refractivity contribution in [1.82, 2.24) is 20.1 Å². The summed E-state index contributed by atoms with van der Waals surface area (Å²) in [4.78, 5) is 15.8. The van der Waals surface area contributed by atoms with E-state index < -0.39 is 0 Å². The molecule has 0 aromatic carbocycles. The number of aryl methyl sites for hydroxylation is 1. The Labute approximate surface area is 110 Å². The highest BCUT2D eigenvalue weighted by atomic mass is 16.1. The normalized spacial score (nSPS) is 10.2. The lowest BCUT2D eigenvalue weighted by atomic mass is 10.3. The van der Waals surface area contributed by atoms with Crippen LogP contribution in [0.4, 0.5) is 5.69 Å². The molecule has 7 nitrogen and oxygen atoms in total. The number of carbonyl (C=O) groups is 1. The first kappa shape index (κ1) is 13.0. The van der Waals surface area contributed by atoms with Crippen LogP contribution in [0.15, 0.2) is 30.7 Å². The third-order valence-electron chi connectivity index (χ3n) is 2.55. The molecule has 100 valence electrons. The molecule has 19 heavy (non-hydrogen) atoms. The van der Waals surface area contributed by atoms with E-state index in [4.69, 9.17) is 5.84 Å². The van der Waals surface area contributed by atoms with Crippen molar-refractivity contribution in [2.75, 3.05) is 12.0 Å². The summed E-state index contributed by atoms with van der Waals surface area (Å²) in [6.07, 6.45) is 5.23. The first-order valence-corrected chi connectivity index (χ1v) is 5.89. The van der Waals surface area contributed by atoms with Crippen molar-refractivity contribution in [1.29, 1.82) is 0 Å². The minimum Gasteiger partial charge on any atom is -0.349 e. The van der Waals surface area contributed by atoms with Gasteiger partial charge in [-0.3, -0.25) is 20.3 Å². The molecular formula is C12H16N6O. The van der Waals surface area contributed by atoms with Crippen molar-refractivity contribution in [3.05, 3.63) is 42.0 Å². The number of hydrogen-bond acceptors (Lipinski definition) is 5. The third kappa shape index (κ3) is 3.52. The quantitative estimate of drug-likeness (QED) is 0.530. The van der Waals surface area contributed by atoms with E-state index in [-0.39, 0.29) is 5.91 Å². The van der Waals surface area contributed by atoms with Gasteiger partial charge in [0.2, 0.25) is 0 Å². The summed E-state index contributed by atoms with van der Waals surface area (Å²) >= 11 is 0. The van der Waals surface area contributed by atoms with Crippen LogP contribution in [0.25, 0.3) is 0 Å². The molecule has 0 saturated heterocycles. The predicted octanol–water partition coefficient (Wildman–Crippen LogP) is 0.302. The summed E-state index contributed by atoms with van der Waals surface area (Å²) in [5.41, 5.74) is 4.53. The molecule has 1 amide bonds. The maximum absolute atomic E-state index is 11.8. The Morgan fingerprint density at radius 2 is 2.37 bits per heavy atom. The number of amides is 1. The standard InChI is InChI=1S/C12H16N6O/c1-9-7-16-18(8-9)5-4-15-12(19)11-6-10(17-13)2-3-14-11/h2-3,6-8H,4-5,13H2,1H3,(H,14,17)(H,15,19). The van der Waals surface area contributed by atoms with E-state index in [1.54, 1.807) is 23.0 Å². The summed E-state index contributed by atoms with van der Waals surface area (Å²) in [6.45, 7) is 3.08. The lowest BCUT2D eigenvalue weighted by Gasteiger charge is -2.06. The van der Waals surface area contributed by atoms with Gasteiger partial charge in [0, 0.05) is 18.9 Å². The van der Waals surface area contributed by atoms with Gasteiger partial charge >= 0.3 is 0 Å². The topological polar surface area (TPSA) is 97.9 Å². The molecule has 0 unspecified atom stereocenters. The highest BCUT2D eigenvalue weighted by Crippen LogP contribution is 2.05. The monoisotopic (exact) mass is 260 g/mol. The van der Waals surface area contributed by atoms with Crippen molar-refractivity contribution in [2.24, 2.45) is 5.84 Å². The van der Waals surface area contributed by atoms with Gasteiger partial charge in [0.25, 0.3) is 5.91 Å². The van der Waals surface area contributed by atoms with Gasteiger partial charge in [-0.2, -0.15) is 5.10 Å². The number of nitrogens with two attached hydrogens (primary N) is 1. The number of hydrogen-bond donors (Lipinski definition) is 3. The number of nitrogens with zero attached hydrogens (tertiary/aromatic N) is 3. The Bertz CT molecular complexity index is 565. The third-order valence-corrected chi connectivity index (χ3v) is 2.55. The second-order valence-corrected chi connectivity index (χ2v) is 4.11. The number of rotatable bonds is 5. The highest BCUT2D eigenvalue weighted by molar-refractivity contribution is 5.93. The van der Waals surface area contributed by atoms with Crippen LogP contribution < -0.4 is 16.6 Å². The zero-order valence-corrected chi connectivity index (χ0v) is 10.6. The number of nitrogen functional groups attached to an aromatic ring is 1. The van der Waals surface area contributed by atoms with Crippen LogP contribution in [-0.4, -0.2) is 27.2 Å². The molecule has 0 aliphatic carbocycles. The van der Waals surface area contributed by atoms with Crippen LogP contribution >= 0.6 is 0 Å². The van der Waals surface area contributed by atoms with Crippen LogP contribution in [-0.2, 0) is 6.54 Å². The van der Waals surface area contributed by atoms with E-state index in [9.17, 15) is 4.79 Å². The Morgan fingerprint density at radius 1 is 1.53 bits per heavy atom. The first-order chi connectivity index (χ1) is 9.19. The number of hydrazine groups is 1. The average Bonchev–Trinajstić information content (AvgIpc) is 2.84. The van der Waals surface area contributed by atoms with Gasteiger partial charge in [0.15, 0.2) is 0 Å². The highest BCUT2D eigenvalue weighted by Gasteiger charge is 2.07. The fraction of sp³-hybridized carbons (Fsp3) is 0.250. The van der Waals surface area contributed by atoms with E-state index in [1.807, 2.05) is 13.1 Å². The van der Waals surface area contributed by atoms with Crippen molar-refractivity contribution < 1.29 is 4.79 Å². The molecule has 0 radical (unpaired) electrons. The molecule has 7 heteroatoms. The summed E-state index contributed by atoms with van der Waals surface area (Å²) < 4.78 is 1.78. The number of carbonyl (C=O) groups excluding carboxylic acids is 1. The Kier molecular flexibility index (Phi) is 4.09. The van der Waals surface area contributed by atoms with Gasteiger partial charge in [-0.25, -0.2) is 0 Å². The summed E-state index contributed by atoms with van der Waals surface area (Å²) in [5, 5.41) is 6.91. The maximum atomic E-state index is 11.8. The second kappa shape index (κ2) is 5.96. The average molecular weight is 260 g/mol. The molecule has 0 aliphatic heterocycles. The minimum absolute atomic E-state index is 0.235. The van der Waals surface area contributed by atoms with E-state index in [1.165, 1.54) is 6.20 Å². The minimum atomic E-state index is -0.235. The van der Waals surface area contributed by atoms with Crippen molar-refractivity contribution in [2.45, 2.75) is 13.5 Å². The first-order valence-electron chi connectivity index (χ1n) is 5.89. The van der Waals surface area contributed by atoms with Crippen LogP contribution in [0.1, 0.15) is 16.1 Å². The summed E-state index contributed by atoms with van der Waals surface area (Å²) in [5.74, 6) is 5.04. The Balaban J connectivity index is 1.87. The molecule has 0 atom stereocenters. The van der Waals surface area contributed by atoms with Gasteiger partial charge in [-0.15, -0.1) is 0 Å². The SMILES string of the molecule is Cc1cnn(CCNC(=O)c2cc(NN)ccn2)c1. The van der Waals surface area contributed by atoms with E-state index in [0.717, 1.165) is 5.56 Å². The number of pyridine rings is 1. The molecule has 0 bridgehead atoms. The van der Waals surface area contributed by atoms with Crippen LogP contribution in [0.3, 0.4) is 0 Å². The number of anilines is 1. The van der Waals surface area contributed by atoms with Crippen LogP contribution in [0.2, 0.25) is 0 Å². The fourth-order valence-corrected chi connectivity index (χ4v) is 1.61. The van der Waals surface area contributed by atoms with Crippen LogP contribution in [0, 0.1) is 6.92 Å². The molecule has 0 aliphatic rings. The van der Waals surface area contributed by atoms with Crippen LogP contribution in [0.5, 0.6) is 0 Å². The largest absolute Gasteiger partial charge is 0.349 e. The van der Waals surface area contributed by atoms with E-state index in [0.29, 0.717) is 24.5 Å². The molecule has 2 aromatic heterocycles. The smallest absolute Gasteiger partial charge is 0.270 e. The van der Waals surface area contributed by atoms with E-state index in [2.05, 4.69) is 20.8 Å². The number of nitrogens with one attached hydrogen (secondary N) is 2. The fourth-order valence-electron chi connectivity index (χ4n) is 1.61. The van der Waals surface area contributed by atoms with Gasteiger partial charge < -0.3 is 10.7 Å². The molecule has 2 aromatic rings. The lowest BCUT2D eigenvalue weighted by Crippen LogP contribution is -2.28. The van der Waals surface area contributed by atoms with Crippen molar-refractivity contribution in [3.8, 4) is 0 Å². The molecule has 2 rings (SSSR count). The van der Waals surface area contributed by atoms with Crippen molar-refractivity contribution >= 4 is 11.6 Å². The summed E-state index contributed by atoms with van der Waals surface area (Å²) in [7, 11) is 0. The zero-order valence-electron chi connectivity index (χ0n) is 10.6. The molecule has 2 heterocycles. The lowest BCUT2D eigenvalue weighted by molar-refractivity contribution is 0.0947. The molecule has 0 saturated carbocycles.